The van der Waals surface area contributed by atoms with Crippen molar-refractivity contribution in [2.45, 2.75) is 93.6 Å². The van der Waals surface area contributed by atoms with Crippen LogP contribution in [-0.4, -0.2) is 63.2 Å². The molecular formula is C27H38N2O5Si. The van der Waals surface area contributed by atoms with E-state index in [1.54, 1.807) is 7.11 Å². The van der Waals surface area contributed by atoms with Gasteiger partial charge in [-0.2, -0.15) is 0 Å². The molecule has 0 N–H and O–H groups in total. The second kappa shape index (κ2) is 6.82. The molecule has 5 aliphatic rings. The molecular weight excluding hydrogens is 460 g/mol. The summed E-state index contributed by atoms with van der Waals surface area (Å²) in [5.74, 6) is 1.31. The van der Waals surface area contributed by atoms with Gasteiger partial charge in [-0.1, -0.05) is 20.8 Å². The van der Waals surface area contributed by atoms with Crippen molar-refractivity contribution in [3.63, 3.8) is 0 Å². The van der Waals surface area contributed by atoms with Crippen molar-refractivity contribution in [1.82, 2.24) is 4.90 Å². The van der Waals surface area contributed by atoms with Gasteiger partial charge in [-0.25, -0.2) is 4.79 Å². The zero-order valence-electron chi connectivity index (χ0n) is 22.1. The average Bonchev–Trinajstić information content (AvgIpc) is 3.24. The number of methoxy groups -OCH3 is 2. The number of rotatable bonds is 3. The lowest BCUT2D eigenvalue weighted by molar-refractivity contribution is -0.132. The highest BCUT2D eigenvalue weighted by Gasteiger charge is 2.88. The van der Waals surface area contributed by atoms with E-state index in [4.69, 9.17) is 13.9 Å². The summed E-state index contributed by atoms with van der Waals surface area (Å²) in [5.41, 5.74) is 1.39. The van der Waals surface area contributed by atoms with Crippen LogP contribution in [0.25, 0.3) is 0 Å². The molecule has 3 aliphatic heterocycles. The Kier molecular flexibility index (Phi) is 4.55. The Hall–Kier alpha value is -2.06. The smallest absolute Gasteiger partial charge is 0.414 e. The van der Waals surface area contributed by atoms with Gasteiger partial charge in [0, 0.05) is 12.0 Å². The molecule has 0 radical (unpaired) electrons. The minimum atomic E-state index is -2.07. The minimum absolute atomic E-state index is 0.0786. The van der Waals surface area contributed by atoms with Gasteiger partial charge in [0.2, 0.25) is 5.91 Å². The molecule has 1 unspecified atom stereocenters. The van der Waals surface area contributed by atoms with Crippen molar-refractivity contribution in [3.8, 4) is 5.75 Å². The van der Waals surface area contributed by atoms with Crippen LogP contribution in [0.5, 0.6) is 5.75 Å². The lowest BCUT2D eigenvalue weighted by Gasteiger charge is -2.50. The van der Waals surface area contributed by atoms with Crippen LogP contribution in [0.2, 0.25) is 18.1 Å². The molecule has 2 saturated heterocycles. The fourth-order valence-electron chi connectivity index (χ4n) is 8.19. The molecule has 2 amide bonds. The second-order valence-corrected chi connectivity index (χ2v) is 17.6. The zero-order valence-corrected chi connectivity index (χ0v) is 23.1. The summed E-state index contributed by atoms with van der Waals surface area (Å²) in [7, 11) is 1.09. The maximum atomic E-state index is 13.4. The molecule has 3 heterocycles. The predicted octanol–water partition coefficient (Wildman–Crippen LogP) is 4.84. The van der Waals surface area contributed by atoms with E-state index in [0.717, 1.165) is 37.1 Å². The topological polar surface area (TPSA) is 68.3 Å². The molecule has 2 aliphatic carbocycles. The van der Waals surface area contributed by atoms with Crippen LogP contribution >= 0.6 is 0 Å². The number of fused-ring (bicyclic) bond motifs is 1. The first kappa shape index (κ1) is 23.3. The number of carbonyl (C=O) groups is 2. The van der Waals surface area contributed by atoms with E-state index in [0.29, 0.717) is 13.0 Å². The number of ether oxygens (including phenoxy) is 2. The Morgan fingerprint density at radius 2 is 1.89 bits per heavy atom. The first-order valence-electron chi connectivity index (χ1n) is 12.9. The Morgan fingerprint density at radius 1 is 1.14 bits per heavy atom. The maximum Gasteiger partial charge on any atom is 0.414 e. The van der Waals surface area contributed by atoms with E-state index >= 15 is 0 Å². The van der Waals surface area contributed by atoms with Gasteiger partial charge in [-0.3, -0.25) is 9.69 Å². The van der Waals surface area contributed by atoms with Crippen LogP contribution in [0, 0.1) is 5.92 Å². The number of amides is 2. The highest BCUT2D eigenvalue weighted by molar-refractivity contribution is 6.74. The Morgan fingerprint density at radius 3 is 2.54 bits per heavy atom. The third-order valence-corrected chi connectivity index (χ3v) is 15.3. The second-order valence-electron chi connectivity index (χ2n) is 12.8. The van der Waals surface area contributed by atoms with Gasteiger partial charge in [-0.05, 0) is 73.5 Å². The van der Waals surface area contributed by atoms with E-state index in [-0.39, 0.29) is 45.6 Å². The number of hydrogen-bond acceptors (Lipinski definition) is 5. The van der Waals surface area contributed by atoms with Crippen molar-refractivity contribution in [2.75, 3.05) is 25.7 Å². The Labute approximate surface area is 209 Å². The minimum Gasteiger partial charge on any atom is -0.497 e. The van der Waals surface area contributed by atoms with E-state index < -0.39 is 8.32 Å². The molecule has 8 heteroatoms. The average molecular weight is 499 g/mol. The molecule has 1 aromatic rings. The monoisotopic (exact) mass is 498 g/mol. The van der Waals surface area contributed by atoms with Gasteiger partial charge in [0.1, 0.15) is 5.75 Å². The van der Waals surface area contributed by atoms with Crippen LogP contribution in [0.4, 0.5) is 10.5 Å². The van der Waals surface area contributed by atoms with Crippen molar-refractivity contribution >= 4 is 26.0 Å². The van der Waals surface area contributed by atoms with Gasteiger partial charge < -0.3 is 18.8 Å². The van der Waals surface area contributed by atoms with Crippen molar-refractivity contribution in [3.05, 3.63) is 23.8 Å². The molecule has 3 spiro atoms. The van der Waals surface area contributed by atoms with E-state index in [9.17, 15) is 9.59 Å². The fourth-order valence-corrected chi connectivity index (χ4v) is 9.56. The number of hydrogen-bond donors (Lipinski definition) is 0. The molecule has 4 fully saturated rings. The number of carbonyl (C=O) groups excluding carboxylic acids is 2. The third-order valence-electron chi connectivity index (χ3n) is 10.8. The Balaban J connectivity index is 1.45. The maximum absolute atomic E-state index is 13.4. The molecule has 5 atom stereocenters. The molecule has 7 nitrogen and oxygen atoms in total. The SMILES string of the molecule is COC(=O)N1c2ccc(OC)cc2[C@]23CCN4C(=O)C[C@H](O[Si](C)(C)C(C)(C)C)[C@]45CC[C@]12C3C5. The number of nitrogens with zero attached hydrogens (tertiary/aromatic N) is 2. The van der Waals surface area contributed by atoms with Gasteiger partial charge in [0.15, 0.2) is 8.32 Å². The summed E-state index contributed by atoms with van der Waals surface area (Å²) in [6.07, 6.45) is 3.55. The summed E-state index contributed by atoms with van der Waals surface area (Å²) >= 11 is 0. The van der Waals surface area contributed by atoms with Gasteiger partial charge in [0.25, 0.3) is 0 Å². The summed E-state index contributed by atoms with van der Waals surface area (Å²) < 4.78 is 17.9. The largest absolute Gasteiger partial charge is 0.497 e. The van der Waals surface area contributed by atoms with Crippen LogP contribution < -0.4 is 9.64 Å². The van der Waals surface area contributed by atoms with E-state index in [1.165, 1.54) is 12.7 Å². The molecule has 0 aromatic heterocycles. The predicted molar refractivity (Wildman–Crippen MR) is 135 cm³/mol. The van der Waals surface area contributed by atoms with Crippen molar-refractivity contribution in [2.24, 2.45) is 5.92 Å². The molecule has 35 heavy (non-hydrogen) atoms. The highest BCUT2D eigenvalue weighted by atomic mass is 28.4. The van der Waals surface area contributed by atoms with E-state index in [2.05, 4.69) is 44.8 Å². The van der Waals surface area contributed by atoms with Crippen LogP contribution in [0.1, 0.15) is 58.4 Å². The van der Waals surface area contributed by atoms with E-state index in [1.807, 2.05) is 17.0 Å². The first-order chi connectivity index (χ1) is 16.4. The summed E-state index contributed by atoms with van der Waals surface area (Å²) in [4.78, 5) is 30.8. The molecule has 1 aromatic carbocycles. The first-order valence-corrected chi connectivity index (χ1v) is 15.9. The lowest BCUT2D eigenvalue weighted by atomic mass is 9.75. The van der Waals surface area contributed by atoms with Crippen LogP contribution in [0.15, 0.2) is 18.2 Å². The molecule has 2 bridgehead atoms. The summed E-state index contributed by atoms with van der Waals surface area (Å²) in [6, 6.07) is 6.04. The number of benzene rings is 1. The lowest BCUT2D eigenvalue weighted by Crippen LogP contribution is -2.60. The summed E-state index contributed by atoms with van der Waals surface area (Å²) in [5, 5.41) is 0.0786. The fraction of sp³-hybridized carbons (Fsp3) is 0.704. The normalized spacial score (nSPS) is 36.8. The molecule has 2 saturated carbocycles. The summed E-state index contributed by atoms with van der Waals surface area (Å²) in [6.45, 7) is 12.0. The zero-order chi connectivity index (χ0) is 25.2. The number of anilines is 1. The Bertz CT molecular complexity index is 1130. The van der Waals surface area contributed by atoms with Crippen molar-refractivity contribution < 1.29 is 23.5 Å². The quantitative estimate of drug-likeness (QED) is 0.558. The highest BCUT2D eigenvalue weighted by Crippen LogP contribution is 2.81. The van der Waals surface area contributed by atoms with Gasteiger partial charge in [0.05, 0.1) is 43.5 Å². The van der Waals surface area contributed by atoms with Crippen molar-refractivity contribution in [1.29, 1.82) is 0 Å². The molecule has 6 rings (SSSR count). The molecule has 190 valence electrons. The standard InChI is InChI=1S/C27H38N2O5Si/c1-24(2,3)35(6,7)34-21-15-22(30)28-13-12-26-18-14-17(32-4)8-9-19(18)29(23(31)33-5)27(26)11-10-25(21,28)16-20(26)27/h8-9,14,20-21H,10-13,15-16H2,1-7H3/t20?,21-,25+,26-,27+/m0/s1. The van der Waals surface area contributed by atoms with Gasteiger partial charge in [-0.15, -0.1) is 0 Å². The van der Waals surface area contributed by atoms with Gasteiger partial charge >= 0.3 is 6.09 Å². The third kappa shape index (κ3) is 2.55. The van der Waals surface area contributed by atoms with Crippen LogP contribution in [-0.2, 0) is 19.4 Å². The van der Waals surface area contributed by atoms with Crippen LogP contribution in [0.3, 0.4) is 0 Å².